The largest absolute Gasteiger partial charge is 0.466 e. The molecule has 1 aromatic carbocycles. The number of amides is 1. The zero-order chi connectivity index (χ0) is 19.9. The second-order valence-corrected chi connectivity index (χ2v) is 7.16. The first-order valence-corrected chi connectivity index (χ1v) is 9.50. The van der Waals surface area contributed by atoms with Gasteiger partial charge in [-0.05, 0) is 40.9 Å². The van der Waals surface area contributed by atoms with Gasteiger partial charge in [-0.1, -0.05) is 18.2 Å². The van der Waals surface area contributed by atoms with Crippen LogP contribution in [0.1, 0.15) is 15.2 Å². The van der Waals surface area contributed by atoms with Crippen molar-refractivity contribution in [2.45, 2.75) is 0 Å². The van der Waals surface area contributed by atoms with Crippen molar-refractivity contribution in [3.63, 3.8) is 0 Å². The molecule has 1 amide bonds. The normalized spacial score (nSPS) is 16.5. The molecule has 1 fully saturated rings. The molecule has 142 valence electrons. The van der Waals surface area contributed by atoms with Gasteiger partial charge in [-0.25, -0.2) is 9.59 Å². The molecule has 0 saturated carbocycles. The molecular formula is C18H13N3O5S2. The monoisotopic (exact) mass is 415 g/mol. The Hall–Kier alpha value is -3.24. The maximum atomic E-state index is 12.0. The summed E-state index contributed by atoms with van der Waals surface area (Å²) in [6.07, 6.45) is 2.53. The molecule has 1 aromatic heterocycles. The number of hydrogen-bond acceptors (Lipinski definition) is 9. The molecule has 1 aliphatic rings. The molecule has 0 aliphatic carbocycles. The van der Waals surface area contributed by atoms with E-state index in [1.54, 1.807) is 41.8 Å². The number of methoxy groups -OCH3 is 1. The van der Waals surface area contributed by atoms with E-state index in [9.17, 15) is 14.4 Å². The van der Waals surface area contributed by atoms with Gasteiger partial charge in [0.1, 0.15) is 10.6 Å². The van der Waals surface area contributed by atoms with Crippen molar-refractivity contribution in [1.29, 1.82) is 0 Å². The zero-order valence-electron chi connectivity index (χ0n) is 14.4. The average molecular weight is 415 g/mol. The fourth-order valence-electron chi connectivity index (χ4n) is 2.00. The van der Waals surface area contributed by atoms with Crippen LogP contribution in [0.25, 0.3) is 0 Å². The maximum Gasteiger partial charge on any atom is 0.353 e. The summed E-state index contributed by atoms with van der Waals surface area (Å²) in [6.45, 7) is 0. The van der Waals surface area contributed by atoms with E-state index in [0.29, 0.717) is 16.2 Å². The van der Waals surface area contributed by atoms with E-state index in [1.807, 2.05) is 0 Å². The molecule has 0 spiro atoms. The van der Waals surface area contributed by atoms with Crippen LogP contribution in [0.3, 0.4) is 0 Å². The number of rotatable bonds is 5. The highest BCUT2D eigenvalue weighted by Gasteiger charge is 2.25. The molecule has 0 radical (unpaired) electrons. The number of hydrogen-bond donors (Lipinski definition) is 1. The van der Waals surface area contributed by atoms with Crippen LogP contribution >= 0.6 is 23.1 Å². The number of carbonyl (C=O) groups is 3. The molecule has 8 nitrogen and oxygen atoms in total. The second kappa shape index (κ2) is 9.11. The molecule has 2 aromatic rings. The molecule has 2 heterocycles. The molecule has 0 unspecified atom stereocenters. The van der Waals surface area contributed by atoms with Gasteiger partial charge < -0.3 is 9.47 Å². The lowest BCUT2D eigenvalue weighted by Crippen LogP contribution is -2.19. The number of thioether (sulfide) groups is 1. The van der Waals surface area contributed by atoms with Gasteiger partial charge in [0.15, 0.2) is 5.17 Å². The van der Waals surface area contributed by atoms with Crippen LogP contribution in [-0.2, 0) is 14.3 Å². The van der Waals surface area contributed by atoms with Crippen LogP contribution in [0.4, 0.5) is 0 Å². The quantitative estimate of drug-likeness (QED) is 0.264. The molecular weight excluding hydrogens is 402 g/mol. The summed E-state index contributed by atoms with van der Waals surface area (Å²) < 4.78 is 9.80. The van der Waals surface area contributed by atoms with Gasteiger partial charge in [-0.2, -0.15) is 5.10 Å². The lowest BCUT2D eigenvalue weighted by atomic mass is 10.2. The van der Waals surface area contributed by atoms with Crippen LogP contribution in [0, 0.1) is 0 Å². The Morgan fingerprint density at radius 1 is 1.21 bits per heavy atom. The molecule has 1 aliphatic heterocycles. The molecule has 0 bridgehead atoms. The van der Waals surface area contributed by atoms with Gasteiger partial charge in [-0.15, -0.1) is 16.4 Å². The molecule has 10 heteroatoms. The zero-order valence-corrected chi connectivity index (χ0v) is 16.1. The molecule has 1 saturated heterocycles. The average Bonchev–Trinajstić information content (AvgIpc) is 3.33. The molecule has 28 heavy (non-hydrogen) atoms. The van der Waals surface area contributed by atoms with E-state index in [4.69, 9.17) is 4.74 Å². The van der Waals surface area contributed by atoms with Crippen molar-refractivity contribution >= 4 is 52.3 Å². The Morgan fingerprint density at radius 3 is 2.82 bits per heavy atom. The number of thiophene rings is 1. The van der Waals surface area contributed by atoms with Crippen molar-refractivity contribution in [2.24, 2.45) is 10.2 Å². The van der Waals surface area contributed by atoms with E-state index in [2.05, 4.69) is 20.3 Å². The van der Waals surface area contributed by atoms with Gasteiger partial charge in [0.05, 0.1) is 18.2 Å². The number of benzene rings is 1. The Balaban J connectivity index is 1.64. The van der Waals surface area contributed by atoms with Crippen molar-refractivity contribution in [3.8, 4) is 5.75 Å². The van der Waals surface area contributed by atoms with E-state index in [-0.39, 0.29) is 10.1 Å². The standard InChI is InChI=1S/C18H13N3O5S2/c1-25-15(22)9-14-16(23)20-18(28-14)21-19-10-11-4-2-5-12(8-11)26-17(24)13-6-3-7-27-13/h2-10H,1H3,(H,20,21,23)/b14-9+,19-10?. The minimum absolute atomic E-state index is 0.170. The number of esters is 2. The highest BCUT2D eigenvalue weighted by Crippen LogP contribution is 2.23. The lowest BCUT2D eigenvalue weighted by Gasteiger charge is -2.03. The molecule has 1 N–H and O–H groups in total. The van der Waals surface area contributed by atoms with E-state index >= 15 is 0 Å². The van der Waals surface area contributed by atoms with Crippen molar-refractivity contribution in [3.05, 3.63) is 63.2 Å². The third-order valence-corrected chi connectivity index (χ3v) is 5.00. The predicted octanol–water partition coefficient (Wildman–Crippen LogP) is 2.58. The fourth-order valence-corrected chi connectivity index (χ4v) is 3.34. The number of nitrogens with zero attached hydrogens (tertiary/aromatic N) is 2. The van der Waals surface area contributed by atoms with Gasteiger partial charge in [-0.3, -0.25) is 10.1 Å². The number of carbonyl (C=O) groups excluding carboxylic acids is 3. The van der Waals surface area contributed by atoms with Gasteiger partial charge in [0.2, 0.25) is 0 Å². The van der Waals surface area contributed by atoms with Gasteiger partial charge >= 0.3 is 11.9 Å². The highest BCUT2D eigenvalue weighted by atomic mass is 32.2. The number of amidine groups is 1. The van der Waals surface area contributed by atoms with Crippen LogP contribution in [0.5, 0.6) is 5.75 Å². The summed E-state index contributed by atoms with van der Waals surface area (Å²) in [4.78, 5) is 35.6. The maximum absolute atomic E-state index is 12.0. The summed E-state index contributed by atoms with van der Waals surface area (Å²) in [5, 5.41) is 12.3. The van der Waals surface area contributed by atoms with E-state index in [1.165, 1.54) is 24.7 Å². The minimum atomic E-state index is -0.628. The van der Waals surface area contributed by atoms with Crippen molar-refractivity contribution < 1.29 is 23.9 Å². The van der Waals surface area contributed by atoms with Crippen LogP contribution in [-0.4, -0.2) is 36.3 Å². The van der Waals surface area contributed by atoms with Crippen molar-refractivity contribution in [1.82, 2.24) is 5.32 Å². The summed E-state index contributed by atoms with van der Waals surface area (Å²) in [5.41, 5.74) is 0.653. The first-order chi connectivity index (χ1) is 13.5. The summed E-state index contributed by atoms with van der Waals surface area (Å²) in [5.74, 6) is -1.13. The molecule has 0 atom stereocenters. The van der Waals surface area contributed by atoms with Gasteiger partial charge in [0, 0.05) is 6.08 Å². The Morgan fingerprint density at radius 2 is 2.07 bits per heavy atom. The Labute approximate surface area is 167 Å². The third-order valence-electron chi connectivity index (χ3n) is 3.25. The smallest absolute Gasteiger partial charge is 0.353 e. The topological polar surface area (TPSA) is 106 Å². The van der Waals surface area contributed by atoms with E-state index in [0.717, 1.165) is 17.8 Å². The summed E-state index contributed by atoms with van der Waals surface area (Å²) in [7, 11) is 1.22. The van der Waals surface area contributed by atoms with Crippen LogP contribution in [0.15, 0.2) is 63.0 Å². The molecule has 3 rings (SSSR count). The third kappa shape index (κ3) is 5.15. The lowest BCUT2D eigenvalue weighted by molar-refractivity contribution is -0.135. The van der Waals surface area contributed by atoms with Crippen molar-refractivity contribution in [2.75, 3.05) is 7.11 Å². The first-order valence-electron chi connectivity index (χ1n) is 7.81. The Kier molecular flexibility index (Phi) is 6.35. The van der Waals surface area contributed by atoms with Gasteiger partial charge in [0.25, 0.3) is 5.91 Å². The highest BCUT2D eigenvalue weighted by molar-refractivity contribution is 8.18. The van der Waals surface area contributed by atoms with Crippen LogP contribution < -0.4 is 10.1 Å². The van der Waals surface area contributed by atoms with Crippen LogP contribution in [0.2, 0.25) is 0 Å². The van der Waals surface area contributed by atoms with E-state index < -0.39 is 17.8 Å². The Bertz CT molecular complexity index is 996. The minimum Gasteiger partial charge on any atom is -0.466 e. The predicted molar refractivity (Wildman–Crippen MR) is 107 cm³/mol. The number of nitrogens with one attached hydrogen (secondary N) is 1. The SMILES string of the molecule is COC(=O)/C=C1/S/C(=N\N=Cc2cccc(OC(=O)c3cccs3)c2)NC1=O. The number of ether oxygens (including phenoxy) is 2. The summed E-state index contributed by atoms with van der Waals surface area (Å²) in [6, 6.07) is 10.2. The first kappa shape index (κ1) is 19.5. The fraction of sp³-hybridized carbons (Fsp3) is 0.0556. The summed E-state index contributed by atoms with van der Waals surface area (Å²) >= 11 is 2.27. The second-order valence-electron chi connectivity index (χ2n) is 5.18.